The van der Waals surface area contributed by atoms with Crippen molar-refractivity contribution in [2.75, 3.05) is 21.3 Å². The number of nitrogens with two attached hydrogens (primary N) is 1. The number of ether oxygens (including phenoxy) is 4. The molecule has 40 heavy (non-hydrogen) atoms. The highest BCUT2D eigenvalue weighted by Crippen LogP contribution is 2.29. The van der Waals surface area contributed by atoms with E-state index in [2.05, 4.69) is 5.32 Å². The minimum absolute atomic E-state index is 0.0970. The summed E-state index contributed by atoms with van der Waals surface area (Å²) in [5.74, 6) is -2.44. The van der Waals surface area contributed by atoms with Crippen molar-refractivity contribution < 1.29 is 43.2 Å². The van der Waals surface area contributed by atoms with E-state index in [-0.39, 0.29) is 29.2 Å². The number of hydrogen-bond donors (Lipinski definition) is 3. The van der Waals surface area contributed by atoms with Crippen LogP contribution >= 0.6 is 0 Å². The van der Waals surface area contributed by atoms with Crippen LogP contribution in [0.5, 0.6) is 0 Å². The number of ketones is 2. The molecule has 0 aromatic heterocycles. The molecule has 1 aliphatic carbocycles. The van der Waals surface area contributed by atoms with Gasteiger partial charge in [-0.25, -0.2) is 4.79 Å². The van der Waals surface area contributed by atoms with Gasteiger partial charge in [0, 0.05) is 44.5 Å². The molecular weight excluding hydrogens is 520 g/mol. The fraction of sp³-hybridized carbons (Fsp3) is 0.517. The number of hydrogen-bond acceptors (Lipinski definition) is 9. The van der Waals surface area contributed by atoms with Crippen molar-refractivity contribution in [3.63, 3.8) is 0 Å². The molecule has 7 atom stereocenters. The van der Waals surface area contributed by atoms with E-state index in [9.17, 15) is 24.3 Å². The molecule has 0 spiro atoms. The second kappa shape index (κ2) is 14.8. The third kappa shape index (κ3) is 8.31. The Morgan fingerprint density at radius 2 is 1.70 bits per heavy atom. The average molecular weight is 561 g/mol. The van der Waals surface area contributed by atoms with Crippen molar-refractivity contribution in [2.24, 2.45) is 17.6 Å². The molecule has 2 aliphatic rings. The van der Waals surface area contributed by atoms with Crippen LogP contribution in [0.25, 0.3) is 0 Å². The summed E-state index contributed by atoms with van der Waals surface area (Å²) in [5.41, 5.74) is 6.06. The predicted octanol–water partition coefficient (Wildman–Crippen LogP) is 2.06. The summed E-state index contributed by atoms with van der Waals surface area (Å²) in [5, 5.41) is 13.7. The number of fused-ring (bicyclic) bond motifs is 2. The number of nitrogens with one attached hydrogen (secondary N) is 1. The topological polar surface area (TPSA) is 163 Å². The Bertz CT molecular complexity index is 1130. The Morgan fingerprint density at radius 3 is 2.27 bits per heavy atom. The molecule has 11 heteroatoms. The van der Waals surface area contributed by atoms with Gasteiger partial charge in [0.05, 0.1) is 24.0 Å². The molecule has 2 rings (SSSR count). The zero-order valence-electron chi connectivity index (χ0n) is 24.0. The standard InChI is InChI=1S/C29H40N2O9/c1-15-9-8-10-22(37-5)27(40-29(30)36)17(3)11-16(2)24(33)23(38-6)12-18(4)26(39-7)20-13-19(32)14-21(25(20)34)31-28(15)35/h8-11,13-14,16,18,22-24,26-27,33H,12H2,1-7H3,(H2,30,36)(H,31,35)/b10-8-,15-9-,17-11-/t16-,18-,22-,23-,24+,26+,27-/m0/s1. The first-order chi connectivity index (χ1) is 18.8. The molecular formula is C29H40N2O9. The molecule has 0 radical (unpaired) electrons. The van der Waals surface area contributed by atoms with Gasteiger partial charge in [0.15, 0.2) is 11.9 Å². The van der Waals surface area contributed by atoms with Gasteiger partial charge in [-0.2, -0.15) is 0 Å². The van der Waals surface area contributed by atoms with E-state index in [1.54, 1.807) is 26.0 Å². The summed E-state index contributed by atoms with van der Waals surface area (Å²) in [6.07, 6.45) is 3.68. The highest BCUT2D eigenvalue weighted by molar-refractivity contribution is 6.22. The summed E-state index contributed by atoms with van der Waals surface area (Å²) < 4.78 is 22.1. The number of allylic oxidation sites excluding steroid dienone is 5. The van der Waals surface area contributed by atoms with Gasteiger partial charge < -0.3 is 35.1 Å². The van der Waals surface area contributed by atoms with Crippen LogP contribution in [0.15, 0.2) is 58.9 Å². The van der Waals surface area contributed by atoms with Crippen molar-refractivity contribution in [1.82, 2.24) is 5.32 Å². The van der Waals surface area contributed by atoms with Crippen molar-refractivity contribution in [3.8, 4) is 0 Å². The second-order valence-electron chi connectivity index (χ2n) is 10.0. The fourth-order valence-electron chi connectivity index (χ4n) is 4.86. The summed E-state index contributed by atoms with van der Waals surface area (Å²) in [7, 11) is 4.31. The van der Waals surface area contributed by atoms with Crippen LogP contribution in [-0.2, 0) is 33.3 Å². The maximum Gasteiger partial charge on any atom is 0.405 e. The molecule has 0 saturated carbocycles. The van der Waals surface area contributed by atoms with E-state index in [0.29, 0.717) is 5.57 Å². The van der Waals surface area contributed by atoms with E-state index < -0.39 is 60.0 Å². The lowest BCUT2D eigenvalue weighted by Crippen LogP contribution is -2.40. The minimum Gasteiger partial charge on any atom is -0.439 e. The Kier molecular flexibility index (Phi) is 12.2. The number of aliphatic hydroxyl groups excluding tert-OH is 1. The lowest BCUT2D eigenvalue weighted by Gasteiger charge is -2.32. The normalized spacial score (nSPS) is 34.4. The first-order valence-corrected chi connectivity index (χ1v) is 12.9. The van der Waals surface area contributed by atoms with Gasteiger partial charge >= 0.3 is 6.09 Å². The maximum absolute atomic E-state index is 13.3. The van der Waals surface area contributed by atoms with Gasteiger partial charge in [-0.3, -0.25) is 14.4 Å². The van der Waals surface area contributed by atoms with E-state index in [1.165, 1.54) is 46.5 Å². The van der Waals surface area contributed by atoms with E-state index in [1.807, 2.05) is 6.92 Å². The summed E-state index contributed by atoms with van der Waals surface area (Å²) >= 11 is 0. The SMILES string of the molecule is CO[C@H]1/C=C\C=C(\C)C(=O)NC2=CC(=O)C=C(C2=O)[C@H](OC)[C@@H](C)C[C@H](OC)[C@H](O)[C@@H](C)/C=C(/C)[C@@H]1OC(N)=O. The molecule has 0 aromatic carbocycles. The van der Waals surface area contributed by atoms with Crippen molar-refractivity contribution >= 4 is 23.6 Å². The zero-order valence-corrected chi connectivity index (χ0v) is 24.0. The van der Waals surface area contributed by atoms with Gasteiger partial charge in [0.1, 0.15) is 6.10 Å². The van der Waals surface area contributed by atoms with E-state index in [0.717, 1.165) is 6.08 Å². The number of carbonyl (C=O) groups excluding carboxylic acids is 4. The van der Waals surface area contributed by atoms with Crippen molar-refractivity contribution in [1.29, 1.82) is 0 Å². The van der Waals surface area contributed by atoms with E-state index in [4.69, 9.17) is 24.7 Å². The van der Waals surface area contributed by atoms with E-state index >= 15 is 0 Å². The Hall–Kier alpha value is -3.38. The van der Waals surface area contributed by atoms with Gasteiger partial charge in [-0.15, -0.1) is 0 Å². The molecule has 220 valence electrons. The number of primary amides is 1. The minimum atomic E-state index is -1.01. The van der Waals surface area contributed by atoms with Crippen LogP contribution in [-0.4, -0.2) is 80.5 Å². The number of Topliss-reactive ketones (excluding diaryl/α,β-unsaturated/α-hetero) is 1. The van der Waals surface area contributed by atoms with Crippen LogP contribution in [0.4, 0.5) is 4.79 Å². The molecule has 2 bridgehead atoms. The van der Waals surface area contributed by atoms with Crippen LogP contribution in [0.2, 0.25) is 0 Å². The first kappa shape index (κ1) is 32.8. The fourth-order valence-corrected chi connectivity index (χ4v) is 4.86. The van der Waals surface area contributed by atoms with Crippen molar-refractivity contribution in [3.05, 3.63) is 58.9 Å². The number of carbonyl (C=O) groups is 4. The average Bonchev–Trinajstić information content (AvgIpc) is 2.90. The molecule has 4 N–H and O–H groups in total. The second-order valence-corrected chi connectivity index (χ2v) is 10.0. The largest absolute Gasteiger partial charge is 0.439 e. The maximum atomic E-state index is 13.3. The van der Waals surface area contributed by atoms with Gasteiger partial charge in [0.25, 0.3) is 5.91 Å². The highest BCUT2D eigenvalue weighted by atomic mass is 16.6. The van der Waals surface area contributed by atoms with Gasteiger partial charge in [0.2, 0.25) is 5.78 Å². The smallest absolute Gasteiger partial charge is 0.405 e. The molecule has 0 fully saturated rings. The van der Waals surface area contributed by atoms with Crippen LogP contribution in [0, 0.1) is 11.8 Å². The Labute approximate surface area is 234 Å². The Balaban J connectivity index is 2.62. The molecule has 11 nitrogen and oxygen atoms in total. The molecule has 0 aromatic rings. The third-order valence-electron chi connectivity index (χ3n) is 7.04. The summed E-state index contributed by atoms with van der Waals surface area (Å²) in [4.78, 5) is 50.4. The summed E-state index contributed by atoms with van der Waals surface area (Å²) in [6.45, 7) is 6.86. The number of methoxy groups -OCH3 is 3. The monoisotopic (exact) mass is 560 g/mol. The molecule has 0 saturated heterocycles. The highest BCUT2D eigenvalue weighted by Gasteiger charge is 2.35. The van der Waals surface area contributed by atoms with Crippen LogP contribution in [0.3, 0.4) is 0 Å². The predicted molar refractivity (Wildman–Crippen MR) is 147 cm³/mol. The third-order valence-corrected chi connectivity index (χ3v) is 7.04. The zero-order chi connectivity index (χ0) is 30.1. The molecule has 2 amide bonds. The number of amides is 2. The summed E-state index contributed by atoms with van der Waals surface area (Å²) in [6, 6.07) is 0. The number of aliphatic hydroxyl groups is 1. The van der Waals surface area contributed by atoms with Gasteiger partial charge in [-0.05, 0) is 37.8 Å². The molecule has 0 unspecified atom stereocenters. The quantitative estimate of drug-likeness (QED) is 0.345. The van der Waals surface area contributed by atoms with Crippen LogP contribution in [0.1, 0.15) is 34.1 Å². The van der Waals surface area contributed by atoms with Gasteiger partial charge in [-0.1, -0.05) is 38.2 Å². The Morgan fingerprint density at radius 1 is 1.02 bits per heavy atom. The first-order valence-electron chi connectivity index (χ1n) is 12.9. The lowest BCUT2D eigenvalue weighted by atomic mass is 9.84. The van der Waals surface area contributed by atoms with Crippen LogP contribution < -0.4 is 11.1 Å². The molecule has 1 heterocycles. The molecule has 1 aliphatic heterocycles. The van der Waals surface area contributed by atoms with Crippen molar-refractivity contribution in [2.45, 2.75) is 64.6 Å². The number of rotatable bonds is 4. The lowest BCUT2D eigenvalue weighted by molar-refractivity contribution is -0.120.